The first-order valence-electron chi connectivity index (χ1n) is 8.76. The zero-order chi connectivity index (χ0) is 18.2. The molecule has 0 radical (unpaired) electrons. The highest BCUT2D eigenvalue weighted by Crippen LogP contribution is 2.16. The molecule has 6 heteroatoms. The normalized spacial score (nSPS) is 16.7. The van der Waals surface area contributed by atoms with Crippen LogP contribution in [0, 0.1) is 0 Å². The van der Waals surface area contributed by atoms with Gasteiger partial charge in [-0.2, -0.15) is 0 Å². The van der Waals surface area contributed by atoms with Crippen molar-refractivity contribution in [1.29, 1.82) is 0 Å². The number of nitrogens with zero attached hydrogens (tertiary/aromatic N) is 1. The van der Waals surface area contributed by atoms with Gasteiger partial charge in [0.1, 0.15) is 5.76 Å². The van der Waals surface area contributed by atoms with Crippen molar-refractivity contribution in [3.63, 3.8) is 0 Å². The molecular weight excluding hydrogens is 332 g/mol. The second kappa shape index (κ2) is 9.33. The van der Waals surface area contributed by atoms with E-state index in [9.17, 15) is 9.90 Å². The minimum atomic E-state index is -0.451. The lowest BCUT2D eigenvalue weighted by molar-refractivity contribution is -0.117. The van der Waals surface area contributed by atoms with Crippen molar-refractivity contribution in [1.82, 2.24) is 10.2 Å². The largest absolute Gasteiger partial charge is 0.465 e. The summed E-state index contributed by atoms with van der Waals surface area (Å²) in [5.41, 5.74) is 2.04. The third kappa shape index (κ3) is 5.29. The van der Waals surface area contributed by atoms with Crippen LogP contribution in [0.3, 0.4) is 0 Å². The lowest BCUT2D eigenvalue weighted by Gasteiger charge is -2.27. The molecule has 6 nitrogen and oxygen atoms in total. The van der Waals surface area contributed by atoms with E-state index in [2.05, 4.69) is 16.3 Å². The summed E-state index contributed by atoms with van der Waals surface area (Å²) >= 11 is 0. The molecule has 26 heavy (non-hydrogen) atoms. The number of amides is 1. The standard InChI is InChI=1S/C20H24N2O4/c23-15-19(21-20(24)7-6-18-5-2-10-26-18)17-4-1-3-16(13-17)14-22-8-11-25-12-9-22/h1-7,10,13,19,23H,8-9,11-12,14-15H2,(H,21,24)/b7-6+. The predicted molar refractivity (Wildman–Crippen MR) is 98.2 cm³/mol. The van der Waals surface area contributed by atoms with Crippen LogP contribution in [0.2, 0.25) is 0 Å². The summed E-state index contributed by atoms with van der Waals surface area (Å²) in [6.07, 6.45) is 4.55. The molecule has 1 aromatic carbocycles. The van der Waals surface area contributed by atoms with Crippen molar-refractivity contribution in [2.24, 2.45) is 0 Å². The molecule has 0 saturated carbocycles. The van der Waals surface area contributed by atoms with Gasteiger partial charge in [-0.25, -0.2) is 0 Å². The number of carbonyl (C=O) groups excluding carboxylic acids is 1. The summed E-state index contributed by atoms with van der Waals surface area (Å²) < 4.78 is 10.5. The molecule has 0 bridgehead atoms. The van der Waals surface area contributed by atoms with Crippen molar-refractivity contribution in [3.8, 4) is 0 Å². The van der Waals surface area contributed by atoms with E-state index < -0.39 is 6.04 Å². The van der Waals surface area contributed by atoms with Gasteiger partial charge in [0, 0.05) is 25.7 Å². The fourth-order valence-electron chi connectivity index (χ4n) is 2.92. The summed E-state index contributed by atoms with van der Waals surface area (Å²) in [4.78, 5) is 14.4. The van der Waals surface area contributed by atoms with E-state index in [1.54, 1.807) is 24.5 Å². The molecule has 0 aliphatic carbocycles. The lowest BCUT2D eigenvalue weighted by Crippen LogP contribution is -2.35. The van der Waals surface area contributed by atoms with E-state index in [0.29, 0.717) is 5.76 Å². The SMILES string of the molecule is O=C(/C=C/c1ccco1)NC(CO)c1cccc(CN2CCOCC2)c1. The summed E-state index contributed by atoms with van der Waals surface area (Å²) in [5.74, 6) is 0.326. The van der Waals surface area contributed by atoms with Gasteiger partial charge in [0.05, 0.1) is 32.1 Å². The highest BCUT2D eigenvalue weighted by molar-refractivity contribution is 5.91. The molecule has 3 rings (SSSR count). The van der Waals surface area contributed by atoms with E-state index >= 15 is 0 Å². The number of morpholine rings is 1. The van der Waals surface area contributed by atoms with Crippen molar-refractivity contribution < 1.29 is 19.1 Å². The van der Waals surface area contributed by atoms with E-state index in [-0.39, 0.29) is 12.5 Å². The number of aliphatic hydroxyl groups is 1. The van der Waals surface area contributed by atoms with Crippen LogP contribution >= 0.6 is 0 Å². The molecule has 1 aromatic heterocycles. The topological polar surface area (TPSA) is 74.9 Å². The van der Waals surface area contributed by atoms with Crippen LogP contribution in [0.1, 0.15) is 22.9 Å². The van der Waals surface area contributed by atoms with Crippen LogP contribution in [0.5, 0.6) is 0 Å². The first kappa shape index (κ1) is 18.4. The van der Waals surface area contributed by atoms with Crippen LogP contribution < -0.4 is 5.32 Å². The number of hydrogen-bond donors (Lipinski definition) is 2. The highest BCUT2D eigenvalue weighted by atomic mass is 16.5. The summed E-state index contributed by atoms with van der Waals surface area (Å²) in [6.45, 7) is 4.03. The number of nitrogens with one attached hydrogen (secondary N) is 1. The lowest BCUT2D eigenvalue weighted by atomic mass is 10.0. The fourth-order valence-corrected chi connectivity index (χ4v) is 2.92. The Kier molecular flexibility index (Phi) is 6.60. The van der Waals surface area contributed by atoms with Gasteiger partial charge >= 0.3 is 0 Å². The van der Waals surface area contributed by atoms with Crippen LogP contribution in [0.4, 0.5) is 0 Å². The van der Waals surface area contributed by atoms with Gasteiger partial charge in [-0.05, 0) is 29.3 Å². The Morgan fingerprint density at radius 2 is 2.12 bits per heavy atom. The van der Waals surface area contributed by atoms with Crippen molar-refractivity contribution in [3.05, 3.63) is 65.6 Å². The molecule has 1 saturated heterocycles. The molecule has 1 aliphatic heterocycles. The minimum Gasteiger partial charge on any atom is -0.465 e. The molecule has 1 unspecified atom stereocenters. The first-order valence-corrected chi connectivity index (χ1v) is 8.76. The summed E-state index contributed by atoms with van der Waals surface area (Å²) in [6, 6.07) is 11.0. The molecule has 2 heterocycles. The maximum atomic E-state index is 12.1. The number of ether oxygens (including phenoxy) is 1. The van der Waals surface area contributed by atoms with Gasteiger partial charge in [0.15, 0.2) is 0 Å². The van der Waals surface area contributed by atoms with Crippen molar-refractivity contribution in [2.45, 2.75) is 12.6 Å². The van der Waals surface area contributed by atoms with Gasteiger partial charge in [0.2, 0.25) is 5.91 Å². The molecule has 138 valence electrons. The Hall–Kier alpha value is -2.41. The zero-order valence-corrected chi connectivity index (χ0v) is 14.6. The fraction of sp³-hybridized carbons (Fsp3) is 0.350. The van der Waals surface area contributed by atoms with Gasteiger partial charge in [0.25, 0.3) is 0 Å². The molecule has 1 aliphatic rings. The van der Waals surface area contributed by atoms with E-state index in [1.165, 1.54) is 6.08 Å². The number of benzene rings is 1. The smallest absolute Gasteiger partial charge is 0.244 e. The maximum absolute atomic E-state index is 12.1. The third-order valence-corrected chi connectivity index (χ3v) is 4.30. The Labute approximate surface area is 153 Å². The number of furan rings is 1. The highest BCUT2D eigenvalue weighted by Gasteiger charge is 2.15. The van der Waals surface area contributed by atoms with E-state index in [1.807, 2.05) is 18.2 Å². The molecule has 1 atom stereocenters. The Balaban J connectivity index is 1.61. The number of rotatable bonds is 7. The second-order valence-corrected chi connectivity index (χ2v) is 6.23. The van der Waals surface area contributed by atoms with Crippen LogP contribution in [-0.4, -0.2) is 48.8 Å². The van der Waals surface area contributed by atoms with Crippen LogP contribution in [0.25, 0.3) is 6.08 Å². The summed E-state index contributed by atoms with van der Waals surface area (Å²) in [7, 11) is 0. The van der Waals surface area contributed by atoms with E-state index in [0.717, 1.165) is 44.0 Å². The average Bonchev–Trinajstić information content (AvgIpc) is 3.19. The third-order valence-electron chi connectivity index (χ3n) is 4.30. The predicted octanol–water partition coefficient (Wildman–Crippen LogP) is 1.97. The van der Waals surface area contributed by atoms with Gasteiger partial charge in [-0.15, -0.1) is 0 Å². The quantitative estimate of drug-likeness (QED) is 0.742. The summed E-state index contributed by atoms with van der Waals surface area (Å²) in [5, 5.41) is 12.5. The molecule has 0 spiro atoms. The van der Waals surface area contributed by atoms with Crippen LogP contribution in [0.15, 0.2) is 53.2 Å². The van der Waals surface area contributed by atoms with E-state index in [4.69, 9.17) is 9.15 Å². The Morgan fingerprint density at radius 1 is 1.27 bits per heavy atom. The maximum Gasteiger partial charge on any atom is 0.244 e. The number of aliphatic hydroxyl groups excluding tert-OH is 1. The molecule has 2 N–H and O–H groups in total. The monoisotopic (exact) mass is 356 g/mol. The van der Waals surface area contributed by atoms with Crippen molar-refractivity contribution in [2.75, 3.05) is 32.9 Å². The Morgan fingerprint density at radius 3 is 2.85 bits per heavy atom. The number of hydrogen-bond acceptors (Lipinski definition) is 5. The van der Waals surface area contributed by atoms with Gasteiger partial charge < -0.3 is 19.6 Å². The van der Waals surface area contributed by atoms with Crippen LogP contribution in [-0.2, 0) is 16.1 Å². The second-order valence-electron chi connectivity index (χ2n) is 6.23. The number of carbonyl (C=O) groups is 1. The molecule has 1 fully saturated rings. The van der Waals surface area contributed by atoms with Gasteiger partial charge in [-0.3, -0.25) is 9.69 Å². The minimum absolute atomic E-state index is 0.165. The molecule has 2 aromatic rings. The zero-order valence-electron chi connectivity index (χ0n) is 14.6. The van der Waals surface area contributed by atoms with Crippen molar-refractivity contribution >= 4 is 12.0 Å². The molecular formula is C20H24N2O4. The first-order chi connectivity index (χ1) is 12.7. The molecule has 1 amide bonds. The Bertz CT molecular complexity index is 721. The average molecular weight is 356 g/mol. The van der Waals surface area contributed by atoms with Gasteiger partial charge in [-0.1, -0.05) is 24.3 Å².